The molecule has 1 aliphatic rings. The van der Waals surface area contributed by atoms with Crippen molar-refractivity contribution in [1.82, 2.24) is 0 Å². The van der Waals surface area contributed by atoms with E-state index in [9.17, 15) is 4.39 Å². The molecule has 0 aliphatic heterocycles. The summed E-state index contributed by atoms with van der Waals surface area (Å²) in [5.74, 6) is -0.303. The lowest BCUT2D eigenvalue weighted by Crippen LogP contribution is -1.96. The number of hydrogen-bond acceptors (Lipinski definition) is 1. The van der Waals surface area contributed by atoms with Crippen molar-refractivity contribution in [3.05, 3.63) is 27.5 Å². The normalized spacial score (nSPS) is 14.8. The zero-order chi connectivity index (χ0) is 8.72. The standard InChI is InChI=1S/C9H9BrFN/c10-8-6-3-1-2-5(6)4-7(11)9(8)12/h4H,1-3,12H2. The molecular weight excluding hydrogens is 221 g/mol. The van der Waals surface area contributed by atoms with Gasteiger partial charge in [0.2, 0.25) is 0 Å². The number of nitrogens with two attached hydrogens (primary N) is 1. The Morgan fingerprint density at radius 3 is 2.92 bits per heavy atom. The van der Waals surface area contributed by atoms with Crippen LogP contribution in [-0.4, -0.2) is 0 Å². The summed E-state index contributed by atoms with van der Waals surface area (Å²) in [5.41, 5.74) is 8.07. The molecule has 0 saturated carbocycles. The molecule has 0 unspecified atom stereocenters. The minimum Gasteiger partial charge on any atom is -0.395 e. The lowest BCUT2D eigenvalue weighted by atomic mass is 10.1. The number of anilines is 1. The van der Waals surface area contributed by atoms with Gasteiger partial charge in [-0.25, -0.2) is 4.39 Å². The molecule has 1 nitrogen and oxygen atoms in total. The lowest BCUT2D eigenvalue weighted by molar-refractivity contribution is 0.630. The summed E-state index contributed by atoms with van der Waals surface area (Å²) in [6.07, 6.45) is 3.10. The van der Waals surface area contributed by atoms with E-state index >= 15 is 0 Å². The molecule has 3 heteroatoms. The highest BCUT2D eigenvalue weighted by molar-refractivity contribution is 9.10. The van der Waals surface area contributed by atoms with Gasteiger partial charge >= 0.3 is 0 Å². The molecule has 0 atom stereocenters. The molecule has 2 N–H and O–H groups in total. The molecule has 2 rings (SSSR count). The van der Waals surface area contributed by atoms with Crippen molar-refractivity contribution in [3.8, 4) is 0 Å². The van der Waals surface area contributed by atoms with Crippen molar-refractivity contribution in [2.24, 2.45) is 0 Å². The third-order valence-corrected chi connectivity index (χ3v) is 3.23. The first-order chi connectivity index (χ1) is 5.70. The van der Waals surface area contributed by atoms with Crippen LogP contribution in [0.1, 0.15) is 17.5 Å². The highest BCUT2D eigenvalue weighted by Crippen LogP contribution is 2.34. The van der Waals surface area contributed by atoms with E-state index in [0.717, 1.165) is 29.3 Å². The van der Waals surface area contributed by atoms with Crippen molar-refractivity contribution in [2.75, 3.05) is 5.73 Å². The van der Waals surface area contributed by atoms with Crippen LogP contribution in [0.5, 0.6) is 0 Å². The van der Waals surface area contributed by atoms with E-state index in [0.29, 0.717) is 0 Å². The van der Waals surface area contributed by atoms with Gasteiger partial charge in [-0.2, -0.15) is 0 Å². The van der Waals surface area contributed by atoms with Gasteiger partial charge in [0.25, 0.3) is 0 Å². The minimum absolute atomic E-state index is 0.246. The van der Waals surface area contributed by atoms with Gasteiger partial charge in [-0.3, -0.25) is 0 Å². The van der Waals surface area contributed by atoms with Crippen LogP contribution in [0.4, 0.5) is 10.1 Å². The molecule has 0 amide bonds. The van der Waals surface area contributed by atoms with Crippen molar-refractivity contribution in [2.45, 2.75) is 19.3 Å². The highest BCUT2D eigenvalue weighted by atomic mass is 79.9. The van der Waals surface area contributed by atoms with Crippen LogP contribution >= 0.6 is 15.9 Å². The van der Waals surface area contributed by atoms with Crippen LogP contribution in [0.3, 0.4) is 0 Å². The maximum Gasteiger partial charge on any atom is 0.147 e. The number of rotatable bonds is 0. The van der Waals surface area contributed by atoms with Crippen molar-refractivity contribution in [3.63, 3.8) is 0 Å². The predicted octanol–water partition coefficient (Wildman–Crippen LogP) is 2.66. The van der Waals surface area contributed by atoms with E-state index in [1.807, 2.05) is 0 Å². The van der Waals surface area contributed by atoms with E-state index in [-0.39, 0.29) is 11.5 Å². The summed E-state index contributed by atoms with van der Waals surface area (Å²) in [6.45, 7) is 0. The summed E-state index contributed by atoms with van der Waals surface area (Å²) in [5, 5.41) is 0. The van der Waals surface area contributed by atoms with Crippen molar-refractivity contribution in [1.29, 1.82) is 0 Å². The second kappa shape index (κ2) is 2.73. The Morgan fingerprint density at radius 1 is 1.42 bits per heavy atom. The fourth-order valence-corrected chi connectivity index (χ4v) is 2.32. The van der Waals surface area contributed by atoms with Gasteiger partial charge in [0.05, 0.1) is 5.69 Å². The third-order valence-electron chi connectivity index (χ3n) is 2.32. The molecule has 0 heterocycles. The largest absolute Gasteiger partial charge is 0.395 e. The minimum atomic E-state index is -0.303. The number of hydrogen-bond donors (Lipinski definition) is 1. The van der Waals surface area contributed by atoms with Crippen molar-refractivity contribution >= 4 is 21.6 Å². The molecule has 1 aromatic carbocycles. The number of nitrogen functional groups attached to an aromatic ring is 1. The van der Waals surface area contributed by atoms with Crippen LogP contribution in [-0.2, 0) is 12.8 Å². The lowest BCUT2D eigenvalue weighted by Gasteiger charge is -2.06. The topological polar surface area (TPSA) is 26.0 Å². The van der Waals surface area contributed by atoms with Crippen LogP contribution in [0, 0.1) is 5.82 Å². The molecule has 0 aromatic heterocycles. The zero-order valence-electron chi connectivity index (χ0n) is 6.53. The van der Waals surface area contributed by atoms with Crippen LogP contribution < -0.4 is 5.73 Å². The van der Waals surface area contributed by atoms with Gasteiger partial charge in [0, 0.05) is 4.47 Å². The van der Waals surface area contributed by atoms with Crippen LogP contribution in [0.15, 0.2) is 10.5 Å². The van der Waals surface area contributed by atoms with Gasteiger partial charge in [0.15, 0.2) is 0 Å². The molecule has 12 heavy (non-hydrogen) atoms. The Hall–Kier alpha value is -0.570. The van der Waals surface area contributed by atoms with Gasteiger partial charge in [-0.05, 0) is 52.4 Å². The quantitative estimate of drug-likeness (QED) is 0.681. The average Bonchev–Trinajstić information content (AvgIpc) is 2.48. The Balaban J connectivity index is 2.67. The third kappa shape index (κ3) is 1.04. The SMILES string of the molecule is Nc1c(F)cc2c(c1Br)CCC2. The predicted molar refractivity (Wildman–Crippen MR) is 50.5 cm³/mol. The molecule has 0 bridgehead atoms. The Kier molecular flexibility index (Phi) is 1.83. The van der Waals surface area contributed by atoms with Crippen molar-refractivity contribution < 1.29 is 4.39 Å². The molecule has 64 valence electrons. The molecule has 0 fully saturated rings. The summed E-state index contributed by atoms with van der Waals surface area (Å²) < 4.78 is 13.8. The number of benzene rings is 1. The fraction of sp³-hybridized carbons (Fsp3) is 0.333. The first kappa shape index (κ1) is 8.05. The number of halogens is 2. The van der Waals surface area contributed by atoms with E-state index in [4.69, 9.17) is 5.73 Å². The fourth-order valence-electron chi connectivity index (χ4n) is 1.68. The molecule has 1 aliphatic carbocycles. The summed E-state index contributed by atoms with van der Waals surface area (Å²) >= 11 is 3.32. The smallest absolute Gasteiger partial charge is 0.147 e. The van der Waals surface area contributed by atoms with Gasteiger partial charge in [-0.1, -0.05) is 0 Å². The van der Waals surface area contributed by atoms with E-state index in [2.05, 4.69) is 15.9 Å². The Labute approximate surface area is 78.9 Å². The molecule has 0 saturated heterocycles. The number of fused-ring (bicyclic) bond motifs is 1. The first-order valence-corrected chi connectivity index (χ1v) is 4.74. The average molecular weight is 230 g/mol. The van der Waals surface area contributed by atoms with E-state index in [1.54, 1.807) is 6.07 Å². The number of aryl methyl sites for hydroxylation is 1. The second-order valence-corrected chi connectivity index (χ2v) is 3.87. The van der Waals surface area contributed by atoms with E-state index < -0.39 is 0 Å². The summed E-state index contributed by atoms with van der Waals surface area (Å²) in [6, 6.07) is 1.56. The zero-order valence-corrected chi connectivity index (χ0v) is 8.12. The molecule has 0 spiro atoms. The van der Waals surface area contributed by atoms with Crippen LogP contribution in [0.2, 0.25) is 0 Å². The second-order valence-electron chi connectivity index (χ2n) is 3.08. The monoisotopic (exact) mass is 229 g/mol. The highest BCUT2D eigenvalue weighted by Gasteiger charge is 2.18. The molecule has 0 radical (unpaired) electrons. The molecular formula is C9H9BrFN. The first-order valence-electron chi connectivity index (χ1n) is 3.95. The Morgan fingerprint density at radius 2 is 2.17 bits per heavy atom. The molecule has 1 aromatic rings. The van der Waals surface area contributed by atoms with Crippen LogP contribution in [0.25, 0.3) is 0 Å². The summed E-state index contributed by atoms with van der Waals surface area (Å²) in [7, 11) is 0. The maximum absolute atomic E-state index is 13.1. The Bertz CT molecular complexity index is 336. The van der Waals surface area contributed by atoms with Gasteiger partial charge in [0.1, 0.15) is 5.82 Å². The van der Waals surface area contributed by atoms with Gasteiger partial charge < -0.3 is 5.73 Å². The van der Waals surface area contributed by atoms with Gasteiger partial charge in [-0.15, -0.1) is 0 Å². The summed E-state index contributed by atoms with van der Waals surface area (Å²) in [4.78, 5) is 0. The van der Waals surface area contributed by atoms with E-state index in [1.165, 1.54) is 5.56 Å². The maximum atomic E-state index is 13.1.